The van der Waals surface area contributed by atoms with E-state index in [1.165, 1.54) is 36.8 Å². The molecule has 1 saturated carbocycles. The van der Waals surface area contributed by atoms with Crippen LogP contribution in [0.15, 0.2) is 54.6 Å². The molecular formula is C24H30N2O2. The summed E-state index contributed by atoms with van der Waals surface area (Å²) in [5.74, 6) is 0.685. The summed E-state index contributed by atoms with van der Waals surface area (Å²) in [6.45, 7) is 4.34. The molecule has 1 heterocycles. The van der Waals surface area contributed by atoms with E-state index in [2.05, 4.69) is 40.5 Å². The Balaban J connectivity index is 1.13. The van der Waals surface area contributed by atoms with Gasteiger partial charge in [0.25, 0.3) is 0 Å². The van der Waals surface area contributed by atoms with Crippen molar-refractivity contribution in [1.82, 2.24) is 10.2 Å². The minimum atomic E-state index is -0.859. The maximum Gasteiger partial charge on any atom is 0.335 e. The summed E-state index contributed by atoms with van der Waals surface area (Å²) in [4.78, 5) is 13.4. The Morgan fingerprint density at radius 1 is 1.04 bits per heavy atom. The van der Waals surface area contributed by atoms with Gasteiger partial charge in [-0.15, -0.1) is 0 Å². The van der Waals surface area contributed by atoms with Crippen LogP contribution in [0.2, 0.25) is 0 Å². The summed E-state index contributed by atoms with van der Waals surface area (Å²) in [6.07, 6.45) is 5.09. The summed E-state index contributed by atoms with van der Waals surface area (Å²) in [7, 11) is 0. The number of carboxylic acid groups (broad SMARTS) is 1. The fraction of sp³-hybridized carbons (Fsp3) is 0.458. The van der Waals surface area contributed by atoms with Crippen molar-refractivity contribution in [2.45, 2.75) is 44.2 Å². The standard InChI is InChI=1S/C24H30N2O2/c27-24(28)21-8-6-19(7-9-21)17-26-14-11-18(12-15-26)10-13-25-23-16-22(23)20-4-2-1-3-5-20/h1-9,18,22-23,25H,10-17H2,(H,27,28). The number of hydrogen-bond donors (Lipinski definition) is 2. The largest absolute Gasteiger partial charge is 0.478 e. The van der Waals surface area contributed by atoms with Crippen molar-refractivity contribution in [3.8, 4) is 0 Å². The SMILES string of the molecule is O=C(O)c1ccc(CN2CCC(CCNC3CC3c3ccccc3)CC2)cc1. The van der Waals surface area contributed by atoms with Crippen LogP contribution in [-0.2, 0) is 6.54 Å². The van der Waals surface area contributed by atoms with Gasteiger partial charge in [0.05, 0.1) is 5.56 Å². The maximum atomic E-state index is 10.9. The lowest BCUT2D eigenvalue weighted by Gasteiger charge is -2.32. The van der Waals surface area contributed by atoms with E-state index in [4.69, 9.17) is 5.11 Å². The van der Waals surface area contributed by atoms with E-state index >= 15 is 0 Å². The zero-order chi connectivity index (χ0) is 19.3. The average molecular weight is 379 g/mol. The van der Waals surface area contributed by atoms with Crippen LogP contribution in [0.1, 0.15) is 53.1 Å². The fourth-order valence-corrected chi connectivity index (χ4v) is 4.41. The Kier molecular flexibility index (Phi) is 6.08. The third-order valence-electron chi connectivity index (χ3n) is 6.29. The highest BCUT2D eigenvalue weighted by atomic mass is 16.4. The lowest BCUT2D eigenvalue weighted by Crippen LogP contribution is -2.34. The van der Waals surface area contributed by atoms with E-state index in [-0.39, 0.29) is 0 Å². The quantitative estimate of drug-likeness (QED) is 0.725. The highest BCUT2D eigenvalue weighted by Crippen LogP contribution is 2.40. The van der Waals surface area contributed by atoms with Gasteiger partial charge in [-0.2, -0.15) is 0 Å². The van der Waals surface area contributed by atoms with Crippen LogP contribution in [0.5, 0.6) is 0 Å². The molecule has 1 aliphatic heterocycles. The molecule has 2 N–H and O–H groups in total. The molecule has 2 atom stereocenters. The summed E-state index contributed by atoms with van der Waals surface area (Å²) in [5, 5.41) is 12.7. The Morgan fingerprint density at radius 3 is 2.43 bits per heavy atom. The number of carboxylic acids is 1. The van der Waals surface area contributed by atoms with Gasteiger partial charge >= 0.3 is 5.97 Å². The first-order valence-corrected chi connectivity index (χ1v) is 10.5. The molecule has 2 aromatic rings. The van der Waals surface area contributed by atoms with Crippen LogP contribution in [-0.4, -0.2) is 41.7 Å². The number of likely N-dealkylation sites (tertiary alicyclic amines) is 1. The molecule has 0 radical (unpaired) electrons. The molecular weight excluding hydrogens is 348 g/mol. The van der Waals surface area contributed by atoms with Crippen molar-refractivity contribution in [2.24, 2.45) is 5.92 Å². The van der Waals surface area contributed by atoms with Crippen LogP contribution in [0.25, 0.3) is 0 Å². The molecule has 148 valence electrons. The van der Waals surface area contributed by atoms with Crippen LogP contribution in [0, 0.1) is 5.92 Å². The molecule has 2 unspecified atom stereocenters. The zero-order valence-corrected chi connectivity index (χ0v) is 16.4. The molecule has 4 heteroatoms. The number of carbonyl (C=O) groups is 1. The highest BCUT2D eigenvalue weighted by Gasteiger charge is 2.37. The van der Waals surface area contributed by atoms with Crippen LogP contribution in [0.3, 0.4) is 0 Å². The Morgan fingerprint density at radius 2 is 1.75 bits per heavy atom. The third-order valence-corrected chi connectivity index (χ3v) is 6.29. The molecule has 0 aromatic heterocycles. The van der Waals surface area contributed by atoms with Gasteiger partial charge in [0.1, 0.15) is 0 Å². The van der Waals surface area contributed by atoms with Gasteiger partial charge in [0, 0.05) is 18.5 Å². The molecule has 4 rings (SSSR count). The molecule has 28 heavy (non-hydrogen) atoms. The fourth-order valence-electron chi connectivity index (χ4n) is 4.41. The van der Waals surface area contributed by atoms with E-state index in [1.54, 1.807) is 12.1 Å². The predicted octanol–water partition coefficient (Wildman–Crippen LogP) is 4.13. The molecule has 2 fully saturated rings. The lowest BCUT2D eigenvalue weighted by molar-refractivity contribution is 0.0697. The van der Waals surface area contributed by atoms with Crippen molar-refractivity contribution in [3.05, 3.63) is 71.3 Å². The number of piperidine rings is 1. The van der Waals surface area contributed by atoms with Crippen LogP contribution < -0.4 is 5.32 Å². The Labute approximate surface area is 167 Å². The van der Waals surface area contributed by atoms with Crippen molar-refractivity contribution < 1.29 is 9.90 Å². The summed E-state index contributed by atoms with van der Waals surface area (Å²) in [6, 6.07) is 18.8. The van der Waals surface area contributed by atoms with Crippen molar-refractivity contribution in [2.75, 3.05) is 19.6 Å². The van der Waals surface area contributed by atoms with Gasteiger partial charge in [0.15, 0.2) is 0 Å². The van der Waals surface area contributed by atoms with Crippen LogP contribution in [0.4, 0.5) is 0 Å². The number of rotatable bonds is 8. The van der Waals surface area contributed by atoms with Gasteiger partial charge in [-0.3, -0.25) is 4.90 Å². The van der Waals surface area contributed by atoms with Gasteiger partial charge in [-0.25, -0.2) is 4.79 Å². The number of benzene rings is 2. The van der Waals surface area contributed by atoms with Gasteiger partial charge in [-0.1, -0.05) is 42.5 Å². The van der Waals surface area contributed by atoms with Crippen molar-refractivity contribution in [1.29, 1.82) is 0 Å². The average Bonchev–Trinajstić information content (AvgIpc) is 3.50. The number of aromatic carboxylic acids is 1. The lowest BCUT2D eigenvalue weighted by atomic mass is 9.93. The summed E-state index contributed by atoms with van der Waals surface area (Å²) in [5.41, 5.74) is 3.04. The maximum absolute atomic E-state index is 10.9. The first-order valence-electron chi connectivity index (χ1n) is 10.5. The molecule has 1 aliphatic carbocycles. The third kappa shape index (κ3) is 5.00. The van der Waals surface area contributed by atoms with E-state index in [0.29, 0.717) is 11.6 Å². The second-order valence-electron chi connectivity index (χ2n) is 8.32. The topological polar surface area (TPSA) is 52.6 Å². The first-order chi connectivity index (χ1) is 13.7. The van der Waals surface area contributed by atoms with E-state index < -0.39 is 5.97 Å². The number of nitrogens with zero attached hydrogens (tertiary/aromatic N) is 1. The smallest absolute Gasteiger partial charge is 0.335 e. The highest BCUT2D eigenvalue weighted by molar-refractivity contribution is 5.87. The van der Waals surface area contributed by atoms with E-state index in [9.17, 15) is 4.79 Å². The minimum absolute atomic E-state index is 0.361. The monoisotopic (exact) mass is 378 g/mol. The zero-order valence-electron chi connectivity index (χ0n) is 16.4. The van der Waals surface area contributed by atoms with E-state index in [1.807, 2.05) is 12.1 Å². The molecule has 0 spiro atoms. The minimum Gasteiger partial charge on any atom is -0.478 e. The second-order valence-corrected chi connectivity index (χ2v) is 8.32. The number of hydrogen-bond acceptors (Lipinski definition) is 3. The summed E-state index contributed by atoms with van der Waals surface area (Å²) >= 11 is 0. The predicted molar refractivity (Wildman–Crippen MR) is 112 cm³/mol. The van der Waals surface area contributed by atoms with Crippen LogP contribution >= 0.6 is 0 Å². The number of nitrogens with one attached hydrogen (secondary N) is 1. The molecule has 0 amide bonds. The molecule has 2 aromatic carbocycles. The molecule has 1 saturated heterocycles. The Bertz CT molecular complexity index is 767. The molecule has 0 bridgehead atoms. The van der Waals surface area contributed by atoms with Gasteiger partial charge in [-0.05, 0) is 74.5 Å². The second kappa shape index (κ2) is 8.89. The van der Waals surface area contributed by atoms with Gasteiger partial charge in [0.2, 0.25) is 0 Å². The normalized spacial score (nSPS) is 22.9. The van der Waals surface area contributed by atoms with E-state index in [0.717, 1.165) is 38.0 Å². The molecule has 2 aliphatic rings. The Hall–Kier alpha value is -2.17. The first kappa shape index (κ1) is 19.2. The van der Waals surface area contributed by atoms with Crippen molar-refractivity contribution in [3.63, 3.8) is 0 Å². The van der Waals surface area contributed by atoms with Gasteiger partial charge < -0.3 is 10.4 Å². The van der Waals surface area contributed by atoms with Crippen molar-refractivity contribution >= 4 is 5.97 Å². The molecule has 4 nitrogen and oxygen atoms in total. The summed E-state index contributed by atoms with van der Waals surface area (Å²) < 4.78 is 0.